The van der Waals surface area contributed by atoms with Gasteiger partial charge in [-0.3, -0.25) is 0 Å². The summed E-state index contributed by atoms with van der Waals surface area (Å²) >= 11 is 0. The summed E-state index contributed by atoms with van der Waals surface area (Å²) in [5.41, 5.74) is 4.97. The molecule has 0 fully saturated rings. The van der Waals surface area contributed by atoms with Crippen LogP contribution < -0.4 is 10.3 Å². The number of anilines is 1. The second kappa shape index (κ2) is 5.75. The van der Waals surface area contributed by atoms with Crippen LogP contribution in [0.25, 0.3) is 0 Å². The third kappa shape index (κ3) is 3.11. The molecule has 0 radical (unpaired) electrons. The van der Waals surface area contributed by atoms with Gasteiger partial charge in [0.05, 0.1) is 5.69 Å². The number of benzene rings is 2. The van der Waals surface area contributed by atoms with E-state index in [-0.39, 0.29) is 0 Å². The largest absolute Gasteiger partial charge is 0.382 e. The fourth-order valence-corrected chi connectivity index (χ4v) is 1.55. The summed E-state index contributed by atoms with van der Waals surface area (Å²) < 4.78 is 0. The molecule has 0 aliphatic carbocycles. The van der Waals surface area contributed by atoms with Gasteiger partial charge < -0.3 is 4.84 Å². The maximum atomic E-state index is 5.58. The first kappa shape index (κ1) is 11.3. The predicted octanol–water partition coefficient (Wildman–Crippen LogP) is 3.82. The number of para-hydroxylation sites is 2. The number of nitrogens with one attached hydrogen (secondary N) is 1. The molecule has 2 aromatic carbocycles. The first-order chi connectivity index (χ1) is 8.40. The first-order valence-electron chi connectivity index (χ1n) is 5.57. The molecule has 0 bridgehead atoms. The standard InChI is InChI=1S/C15H15NO/c1-2-8-13-9-6-7-12-15(13)17-16-14-10-4-3-5-11-14/h2-7,9-12,16H,1,8H2. The average Bonchev–Trinajstić information content (AvgIpc) is 2.39. The van der Waals surface area contributed by atoms with Crippen LogP contribution >= 0.6 is 0 Å². The van der Waals surface area contributed by atoms with Crippen molar-refractivity contribution in [3.8, 4) is 5.75 Å². The van der Waals surface area contributed by atoms with E-state index < -0.39 is 0 Å². The SMILES string of the molecule is C=CCc1ccccc1ONc1ccccc1. The van der Waals surface area contributed by atoms with Gasteiger partial charge in [-0.1, -0.05) is 42.5 Å². The van der Waals surface area contributed by atoms with Crippen LogP contribution in [0, 0.1) is 0 Å². The molecule has 0 aliphatic heterocycles. The maximum absolute atomic E-state index is 5.58. The Bertz CT molecular complexity index is 479. The molecule has 86 valence electrons. The minimum atomic E-state index is 0.798. The van der Waals surface area contributed by atoms with Gasteiger partial charge >= 0.3 is 0 Å². The average molecular weight is 225 g/mol. The molecule has 2 rings (SSSR count). The number of allylic oxidation sites excluding steroid dienone is 1. The van der Waals surface area contributed by atoms with E-state index in [4.69, 9.17) is 4.84 Å². The molecule has 17 heavy (non-hydrogen) atoms. The van der Waals surface area contributed by atoms with Gasteiger partial charge in [0.25, 0.3) is 0 Å². The molecule has 2 heteroatoms. The monoisotopic (exact) mass is 225 g/mol. The van der Waals surface area contributed by atoms with E-state index in [0.29, 0.717) is 0 Å². The molecule has 0 atom stereocenters. The number of hydrogen-bond donors (Lipinski definition) is 1. The highest BCUT2D eigenvalue weighted by molar-refractivity contribution is 5.42. The minimum Gasteiger partial charge on any atom is -0.382 e. The van der Waals surface area contributed by atoms with Crippen molar-refractivity contribution < 1.29 is 4.84 Å². The summed E-state index contributed by atoms with van der Waals surface area (Å²) in [6, 6.07) is 17.7. The Kier molecular flexibility index (Phi) is 3.81. The molecule has 0 spiro atoms. The Labute approximate surface area is 102 Å². The van der Waals surface area contributed by atoms with Gasteiger partial charge in [-0.25, -0.2) is 5.48 Å². The van der Waals surface area contributed by atoms with E-state index in [2.05, 4.69) is 12.1 Å². The summed E-state index contributed by atoms with van der Waals surface area (Å²) in [5, 5.41) is 0. The smallest absolute Gasteiger partial charge is 0.158 e. The van der Waals surface area contributed by atoms with Crippen LogP contribution in [-0.4, -0.2) is 0 Å². The highest BCUT2D eigenvalue weighted by Crippen LogP contribution is 2.19. The van der Waals surface area contributed by atoms with Crippen LogP contribution in [-0.2, 0) is 6.42 Å². The molecule has 2 aromatic rings. The molecule has 0 unspecified atom stereocenters. The van der Waals surface area contributed by atoms with Gasteiger partial charge in [-0.2, -0.15) is 0 Å². The fourth-order valence-electron chi connectivity index (χ4n) is 1.55. The maximum Gasteiger partial charge on any atom is 0.158 e. The Morgan fingerprint density at radius 2 is 1.71 bits per heavy atom. The Morgan fingerprint density at radius 3 is 2.47 bits per heavy atom. The molecule has 0 amide bonds. The summed E-state index contributed by atoms with van der Waals surface area (Å²) in [4.78, 5) is 5.58. The van der Waals surface area contributed by atoms with E-state index in [1.54, 1.807) is 0 Å². The van der Waals surface area contributed by atoms with Crippen LogP contribution in [0.1, 0.15) is 5.56 Å². The third-order valence-electron chi connectivity index (χ3n) is 2.39. The van der Waals surface area contributed by atoms with E-state index >= 15 is 0 Å². The van der Waals surface area contributed by atoms with E-state index in [1.165, 1.54) is 0 Å². The molecule has 1 N–H and O–H groups in total. The lowest BCUT2D eigenvalue weighted by Crippen LogP contribution is -2.06. The molecule has 0 aliphatic rings. The van der Waals surface area contributed by atoms with Crippen LogP contribution in [0.3, 0.4) is 0 Å². The van der Waals surface area contributed by atoms with E-state index in [0.717, 1.165) is 23.4 Å². The number of rotatable bonds is 5. The molecule has 0 saturated carbocycles. The van der Waals surface area contributed by atoms with Gasteiger partial charge in [-0.05, 0) is 24.6 Å². The second-order valence-electron chi connectivity index (χ2n) is 3.67. The van der Waals surface area contributed by atoms with Crippen molar-refractivity contribution in [3.63, 3.8) is 0 Å². The highest BCUT2D eigenvalue weighted by atomic mass is 16.6. The zero-order valence-electron chi connectivity index (χ0n) is 9.60. The zero-order valence-corrected chi connectivity index (χ0v) is 9.60. The van der Waals surface area contributed by atoms with Crippen LogP contribution in [0.2, 0.25) is 0 Å². The van der Waals surface area contributed by atoms with Crippen molar-refractivity contribution >= 4 is 5.69 Å². The van der Waals surface area contributed by atoms with Gasteiger partial charge in [0.15, 0.2) is 5.75 Å². The zero-order chi connectivity index (χ0) is 11.9. The van der Waals surface area contributed by atoms with Gasteiger partial charge in [0.1, 0.15) is 0 Å². The molecule has 0 heterocycles. The highest BCUT2D eigenvalue weighted by Gasteiger charge is 2.01. The summed E-state index contributed by atoms with van der Waals surface area (Å²) in [6.07, 6.45) is 2.66. The third-order valence-corrected chi connectivity index (χ3v) is 2.39. The van der Waals surface area contributed by atoms with Crippen LogP contribution in [0.5, 0.6) is 5.75 Å². The molecule has 0 aromatic heterocycles. The van der Waals surface area contributed by atoms with Crippen molar-refractivity contribution in [1.29, 1.82) is 0 Å². The molecular weight excluding hydrogens is 210 g/mol. The second-order valence-corrected chi connectivity index (χ2v) is 3.67. The van der Waals surface area contributed by atoms with Gasteiger partial charge in [-0.15, -0.1) is 6.58 Å². The lowest BCUT2D eigenvalue weighted by atomic mass is 10.1. The minimum absolute atomic E-state index is 0.798. The molecule has 2 nitrogen and oxygen atoms in total. The predicted molar refractivity (Wildman–Crippen MR) is 71.0 cm³/mol. The Balaban J connectivity index is 2.06. The van der Waals surface area contributed by atoms with Crippen LogP contribution in [0.4, 0.5) is 5.69 Å². The van der Waals surface area contributed by atoms with Crippen molar-refractivity contribution in [3.05, 3.63) is 72.8 Å². The van der Waals surface area contributed by atoms with Crippen molar-refractivity contribution in [1.82, 2.24) is 0 Å². The van der Waals surface area contributed by atoms with E-state index in [1.807, 2.05) is 60.7 Å². The molecular formula is C15H15NO. The quantitative estimate of drug-likeness (QED) is 0.617. The molecule has 0 saturated heterocycles. The van der Waals surface area contributed by atoms with Gasteiger partial charge in [0, 0.05) is 5.56 Å². The topological polar surface area (TPSA) is 21.3 Å². The normalized spacial score (nSPS) is 9.65. The van der Waals surface area contributed by atoms with E-state index in [9.17, 15) is 0 Å². The first-order valence-corrected chi connectivity index (χ1v) is 5.57. The Morgan fingerprint density at radius 1 is 1.00 bits per heavy atom. The fraction of sp³-hybridized carbons (Fsp3) is 0.0667. The van der Waals surface area contributed by atoms with Crippen LogP contribution in [0.15, 0.2) is 67.3 Å². The summed E-state index contributed by atoms with van der Waals surface area (Å²) in [6.45, 7) is 3.74. The lowest BCUT2D eigenvalue weighted by Gasteiger charge is -2.11. The lowest BCUT2D eigenvalue weighted by molar-refractivity contribution is 0.401. The van der Waals surface area contributed by atoms with Crippen molar-refractivity contribution in [2.24, 2.45) is 0 Å². The Hall–Kier alpha value is -2.22. The summed E-state index contributed by atoms with van der Waals surface area (Å²) in [5.74, 6) is 0.830. The summed E-state index contributed by atoms with van der Waals surface area (Å²) in [7, 11) is 0. The van der Waals surface area contributed by atoms with Gasteiger partial charge in [0.2, 0.25) is 0 Å². The number of hydrogen-bond acceptors (Lipinski definition) is 2. The van der Waals surface area contributed by atoms with Crippen molar-refractivity contribution in [2.45, 2.75) is 6.42 Å². The van der Waals surface area contributed by atoms with Crippen molar-refractivity contribution in [2.75, 3.05) is 5.48 Å².